The Hall–Kier alpha value is -3.70. The number of amides is 2. The Kier molecular flexibility index (Phi) is 14.3. The largest absolute Gasteiger partial charge is 0.474 e. The van der Waals surface area contributed by atoms with E-state index in [9.17, 15) is 14.7 Å². The number of hydrogen-bond donors (Lipinski definition) is 2. The zero-order valence-electron chi connectivity index (χ0n) is 28.9. The summed E-state index contributed by atoms with van der Waals surface area (Å²) in [5.74, 6) is 0.600. The number of imidazole rings is 1. The van der Waals surface area contributed by atoms with E-state index in [-0.39, 0.29) is 29.9 Å². The molecule has 3 aromatic rings. The highest BCUT2D eigenvalue weighted by Crippen LogP contribution is 2.30. The first-order chi connectivity index (χ1) is 22.1. The van der Waals surface area contributed by atoms with Gasteiger partial charge in [-0.1, -0.05) is 46.8 Å². The van der Waals surface area contributed by atoms with Gasteiger partial charge in [-0.2, -0.15) is 0 Å². The van der Waals surface area contributed by atoms with Crippen molar-refractivity contribution in [3.05, 3.63) is 59.9 Å². The number of aliphatic hydroxyl groups is 1. The van der Waals surface area contributed by atoms with E-state index in [1.54, 1.807) is 17.2 Å². The van der Waals surface area contributed by atoms with Crippen LogP contribution in [0.1, 0.15) is 96.8 Å². The second-order valence-electron chi connectivity index (χ2n) is 11.9. The molecule has 0 radical (unpaired) electrons. The molecule has 0 bridgehead atoms. The van der Waals surface area contributed by atoms with Crippen molar-refractivity contribution in [2.24, 2.45) is 5.92 Å². The Morgan fingerprint density at radius 3 is 2.37 bits per heavy atom. The second-order valence-corrected chi connectivity index (χ2v) is 11.9. The fourth-order valence-electron chi connectivity index (χ4n) is 5.87. The van der Waals surface area contributed by atoms with Crippen molar-refractivity contribution in [1.82, 2.24) is 29.8 Å². The summed E-state index contributed by atoms with van der Waals surface area (Å²) < 4.78 is 13.5. The number of nitrogens with one attached hydrogen (secondary N) is 1. The molecule has 1 aliphatic rings. The molecule has 3 heterocycles. The van der Waals surface area contributed by atoms with Gasteiger partial charge in [0.25, 0.3) is 5.88 Å². The van der Waals surface area contributed by atoms with Crippen molar-refractivity contribution in [2.45, 2.75) is 98.8 Å². The first-order valence-corrected chi connectivity index (χ1v) is 16.8. The third-order valence-corrected chi connectivity index (χ3v) is 8.51. The summed E-state index contributed by atoms with van der Waals surface area (Å²) in [6.07, 6.45) is 5.49. The van der Waals surface area contributed by atoms with Gasteiger partial charge in [0.15, 0.2) is 5.76 Å². The molecule has 0 aliphatic carbocycles. The Balaban J connectivity index is 0.00000282. The number of likely N-dealkylation sites (tertiary alicyclic amines) is 1. The predicted molar refractivity (Wildman–Crippen MR) is 179 cm³/mol. The number of benzene rings is 1. The normalized spacial score (nSPS) is 15.9. The van der Waals surface area contributed by atoms with Crippen LogP contribution in [0.4, 0.5) is 0 Å². The minimum atomic E-state index is -0.634. The van der Waals surface area contributed by atoms with Gasteiger partial charge in [-0.15, -0.1) is 0 Å². The lowest BCUT2D eigenvalue weighted by Crippen LogP contribution is -2.51. The number of ether oxygens (including phenoxy) is 1. The molecule has 0 spiro atoms. The minimum Gasteiger partial charge on any atom is -0.474 e. The molecule has 2 amide bonds. The van der Waals surface area contributed by atoms with Gasteiger partial charge >= 0.3 is 0 Å². The monoisotopic (exact) mass is 638 g/mol. The average Bonchev–Trinajstić information content (AvgIpc) is 3.70. The Labute approximate surface area is 274 Å². The van der Waals surface area contributed by atoms with E-state index in [1.165, 1.54) is 0 Å². The molecule has 2 N–H and O–H groups in total. The maximum absolute atomic E-state index is 14.0. The molecule has 2 aromatic heterocycles. The number of aryl methyl sites for hydroxylation is 1. The summed E-state index contributed by atoms with van der Waals surface area (Å²) in [4.78, 5) is 35.7. The molecular formula is C35H54N6O5. The molecule has 1 aromatic carbocycles. The van der Waals surface area contributed by atoms with Crippen molar-refractivity contribution < 1.29 is 24.0 Å². The van der Waals surface area contributed by atoms with Crippen LogP contribution in [0.2, 0.25) is 0 Å². The second kappa shape index (κ2) is 17.9. The first-order valence-electron chi connectivity index (χ1n) is 16.8. The van der Waals surface area contributed by atoms with Crippen LogP contribution in [0, 0.1) is 12.8 Å². The molecule has 254 valence electrons. The van der Waals surface area contributed by atoms with Gasteiger partial charge in [-0.05, 0) is 68.8 Å². The van der Waals surface area contributed by atoms with Crippen LogP contribution in [0.15, 0.2) is 47.2 Å². The van der Waals surface area contributed by atoms with E-state index in [4.69, 9.17) is 9.26 Å². The molecule has 1 saturated heterocycles. The molecule has 11 nitrogen and oxygen atoms in total. The van der Waals surface area contributed by atoms with Crippen molar-refractivity contribution in [2.75, 3.05) is 32.8 Å². The number of likely N-dealkylation sites (N-methyl/N-ethyl adjacent to an activating group) is 1. The highest BCUT2D eigenvalue weighted by Gasteiger charge is 2.37. The molecule has 1 fully saturated rings. The van der Waals surface area contributed by atoms with Crippen molar-refractivity contribution in [3.8, 4) is 11.6 Å². The van der Waals surface area contributed by atoms with E-state index < -0.39 is 12.0 Å². The van der Waals surface area contributed by atoms with Gasteiger partial charge in [-0.25, -0.2) is 4.98 Å². The van der Waals surface area contributed by atoms with Crippen LogP contribution in [-0.2, 0) is 9.59 Å². The fourth-order valence-corrected chi connectivity index (χ4v) is 5.87. The summed E-state index contributed by atoms with van der Waals surface area (Å²) in [6, 6.07) is 8.83. The number of nitrogens with zero attached hydrogens (tertiary/aromatic N) is 5. The van der Waals surface area contributed by atoms with Gasteiger partial charge in [0.2, 0.25) is 11.8 Å². The number of carbonyl (C=O) groups is 2. The van der Waals surface area contributed by atoms with Gasteiger partial charge < -0.3 is 29.2 Å². The van der Waals surface area contributed by atoms with Gasteiger partial charge in [-0.3, -0.25) is 14.5 Å². The van der Waals surface area contributed by atoms with Gasteiger partial charge in [0.1, 0.15) is 24.4 Å². The zero-order valence-corrected chi connectivity index (χ0v) is 28.9. The van der Waals surface area contributed by atoms with E-state index in [0.717, 1.165) is 49.6 Å². The zero-order chi connectivity index (χ0) is 33.8. The third kappa shape index (κ3) is 9.42. The molecule has 0 saturated carbocycles. The van der Waals surface area contributed by atoms with Crippen LogP contribution < -0.4 is 10.1 Å². The van der Waals surface area contributed by atoms with Crippen LogP contribution in [0.5, 0.6) is 5.88 Å². The lowest BCUT2D eigenvalue weighted by atomic mass is 9.91. The van der Waals surface area contributed by atoms with Crippen LogP contribution in [0.25, 0.3) is 5.69 Å². The van der Waals surface area contributed by atoms with Crippen LogP contribution >= 0.6 is 0 Å². The Morgan fingerprint density at radius 2 is 1.80 bits per heavy atom. The quantitative estimate of drug-likeness (QED) is 0.245. The van der Waals surface area contributed by atoms with E-state index in [2.05, 4.69) is 20.4 Å². The Morgan fingerprint density at radius 1 is 1.13 bits per heavy atom. The SMILES string of the molecule is CC.CC[C@@H](C(=O)N[C@@H](C)c1ccc(-n2ccnc2C)cc1)N(CC)C(=O)C(c1cc(OCCN2CCC(O)CC2)no1)C(C)C. The van der Waals surface area contributed by atoms with Gasteiger partial charge in [0, 0.05) is 50.3 Å². The van der Waals surface area contributed by atoms with E-state index in [0.29, 0.717) is 31.2 Å². The predicted octanol–water partition coefficient (Wildman–Crippen LogP) is 5.27. The Bertz CT molecular complexity index is 1350. The van der Waals surface area contributed by atoms with Gasteiger partial charge in [0.05, 0.1) is 12.1 Å². The maximum Gasteiger partial charge on any atom is 0.254 e. The minimum absolute atomic E-state index is 0.0886. The number of aliphatic hydroxyl groups excluding tert-OH is 1. The number of rotatable bonds is 14. The van der Waals surface area contributed by atoms with Crippen molar-refractivity contribution in [3.63, 3.8) is 0 Å². The molecular weight excluding hydrogens is 584 g/mol. The smallest absolute Gasteiger partial charge is 0.254 e. The number of hydrogen-bond acceptors (Lipinski definition) is 8. The van der Waals surface area contributed by atoms with Crippen molar-refractivity contribution >= 4 is 11.8 Å². The number of carbonyl (C=O) groups excluding carboxylic acids is 2. The summed E-state index contributed by atoms with van der Waals surface area (Å²) in [6.45, 7) is 18.9. The maximum atomic E-state index is 14.0. The summed E-state index contributed by atoms with van der Waals surface area (Å²) in [7, 11) is 0. The lowest BCUT2D eigenvalue weighted by molar-refractivity contribution is -0.143. The van der Waals surface area contributed by atoms with E-state index in [1.807, 2.05) is 90.4 Å². The highest BCUT2D eigenvalue weighted by molar-refractivity contribution is 5.90. The van der Waals surface area contributed by atoms with E-state index >= 15 is 0 Å². The number of piperidine rings is 1. The highest BCUT2D eigenvalue weighted by atomic mass is 16.5. The lowest BCUT2D eigenvalue weighted by Gasteiger charge is -2.33. The molecule has 11 heteroatoms. The summed E-state index contributed by atoms with van der Waals surface area (Å²) in [5.41, 5.74) is 1.97. The molecule has 4 rings (SSSR count). The van der Waals surface area contributed by atoms with Crippen LogP contribution in [-0.4, -0.2) is 86.4 Å². The van der Waals surface area contributed by atoms with Crippen LogP contribution in [0.3, 0.4) is 0 Å². The molecule has 1 aliphatic heterocycles. The fraction of sp³-hybridized carbons (Fsp3) is 0.600. The first kappa shape index (κ1) is 36.8. The standard InChI is InChI=1S/C33H48N6O5.C2H6/c1-7-28(32(41)35-23(5)25-9-11-26(12-10-25)39-18-15-34-24(39)6)38(8-2)33(42)31(22(3)4)29-21-30(36-44-29)43-20-19-37-16-13-27(40)14-17-37;1-2/h9-12,15,18,21-23,27-28,31,40H,7-8,13-14,16-17,19-20H2,1-6H3,(H,35,41);1-2H3/t23-,28-,31?;/m0./s1. The molecule has 3 atom stereocenters. The van der Waals surface area contributed by atoms with Crippen molar-refractivity contribution in [1.29, 1.82) is 0 Å². The summed E-state index contributed by atoms with van der Waals surface area (Å²) >= 11 is 0. The number of aromatic nitrogens is 3. The summed E-state index contributed by atoms with van der Waals surface area (Å²) in [5, 5.41) is 16.9. The average molecular weight is 639 g/mol. The molecule has 1 unspecified atom stereocenters. The third-order valence-electron chi connectivity index (χ3n) is 8.51. The topological polar surface area (TPSA) is 126 Å². The molecule has 46 heavy (non-hydrogen) atoms.